The van der Waals surface area contributed by atoms with Crippen LogP contribution in [0.2, 0.25) is 0 Å². The number of non-ortho nitro benzene ring substituents is 1. The second-order valence-corrected chi connectivity index (χ2v) is 6.64. The monoisotopic (exact) mass is 454 g/mol. The van der Waals surface area contributed by atoms with Crippen LogP contribution in [0.1, 0.15) is 11.1 Å². The van der Waals surface area contributed by atoms with Crippen LogP contribution in [0.15, 0.2) is 48.5 Å². The summed E-state index contributed by atoms with van der Waals surface area (Å²) >= 11 is 2.15. The Hall–Kier alpha value is -2.49. The summed E-state index contributed by atoms with van der Waals surface area (Å²) in [4.78, 5) is 33.7. The number of carboxylic acids is 1. The fourth-order valence-electron chi connectivity index (χ4n) is 2.27. The zero-order chi connectivity index (χ0) is 18.4. The second-order valence-electron chi connectivity index (χ2n) is 5.39. The quantitative estimate of drug-likeness (QED) is 0.380. The Labute approximate surface area is 157 Å². The van der Waals surface area contributed by atoms with E-state index in [2.05, 4.69) is 27.9 Å². The van der Waals surface area contributed by atoms with Gasteiger partial charge in [-0.15, -0.1) is 0 Å². The normalized spacial score (nSPS) is 11.6. The van der Waals surface area contributed by atoms with Crippen LogP contribution >= 0.6 is 22.6 Å². The molecule has 0 saturated heterocycles. The van der Waals surface area contributed by atoms with E-state index in [1.807, 2.05) is 24.3 Å². The van der Waals surface area contributed by atoms with Gasteiger partial charge in [-0.1, -0.05) is 24.3 Å². The Morgan fingerprint density at radius 1 is 1.16 bits per heavy atom. The van der Waals surface area contributed by atoms with Gasteiger partial charge >= 0.3 is 5.97 Å². The van der Waals surface area contributed by atoms with Crippen LogP contribution in [-0.4, -0.2) is 27.9 Å². The highest BCUT2D eigenvalue weighted by molar-refractivity contribution is 14.1. The lowest BCUT2D eigenvalue weighted by atomic mass is 10.1. The van der Waals surface area contributed by atoms with Gasteiger partial charge in [-0.25, -0.2) is 4.79 Å². The van der Waals surface area contributed by atoms with Gasteiger partial charge in [-0.3, -0.25) is 14.9 Å². The molecule has 25 heavy (non-hydrogen) atoms. The smallest absolute Gasteiger partial charge is 0.326 e. The summed E-state index contributed by atoms with van der Waals surface area (Å²) in [6.45, 7) is 0. The Bertz CT molecular complexity index is 792. The molecular weight excluding hydrogens is 439 g/mol. The number of nitrogens with one attached hydrogen (secondary N) is 1. The summed E-state index contributed by atoms with van der Waals surface area (Å²) in [6.07, 6.45) is 0.0328. The minimum absolute atomic E-state index is 0.112. The topological polar surface area (TPSA) is 110 Å². The van der Waals surface area contributed by atoms with E-state index in [0.717, 1.165) is 9.13 Å². The molecular formula is C17H15IN2O5. The molecule has 0 spiro atoms. The van der Waals surface area contributed by atoms with Crippen molar-refractivity contribution < 1.29 is 19.6 Å². The maximum Gasteiger partial charge on any atom is 0.326 e. The molecule has 0 heterocycles. The van der Waals surface area contributed by atoms with E-state index in [0.29, 0.717) is 5.56 Å². The Morgan fingerprint density at radius 3 is 2.44 bits per heavy atom. The molecule has 2 N–H and O–H groups in total. The van der Waals surface area contributed by atoms with Crippen molar-refractivity contribution in [1.29, 1.82) is 0 Å². The summed E-state index contributed by atoms with van der Waals surface area (Å²) in [5.41, 5.74) is 1.13. The number of carbonyl (C=O) groups excluding carboxylic acids is 1. The highest BCUT2D eigenvalue weighted by Crippen LogP contribution is 2.14. The minimum atomic E-state index is -1.13. The first-order chi connectivity index (χ1) is 11.8. The van der Waals surface area contributed by atoms with Crippen LogP contribution in [0.3, 0.4) is 0 Å². The molecule has 0 unspecified atom stereocenters. The molecule has 2 aromatic rings. The zero-order valence-electron chi connectivity index (χ0n) is 13.0. The number of carbonyl (C=O) groups is 2. The number of hydrogen-bond donors (Lipinski definition) is 2. The Balaban J connectivity index is 2.02. The SMILES string of the molecule is O=C(Cc1cccc([N+](=O)[O-])c1)N[C@H](Cc1ccc(I)cc1)C(=O)O. The number of benzene rings is 2. The fourth-order valence-corrected chi connectivity index (χ4v) is 2.63. The fraction of sp³-hybridized carbons (Fsp3) is 0.176. The van der Waals surface area contributed by atoms with E-state index >= 15 is 0 Å². The molecule has 0 bridgehead atoms. The average molecular weight is 454 g/mol. The molecule has 0 aliphatic carbocycles. The number of nitro groups is 1. The summed E-state index contributed by atoms with van der Waals surface area (Å²) in [5, 5.41) is 22.5. The van der Waals surface area contributed by atoms with Gasteiger partial charge in [0.1, 0.15) is 6.04 Å². The molecule has 7 nitrogen and oxygen atoms in total. The van der Waals surface area contributed by atoms with Crippen molar-refractivity contribution in [1.82, 2.24) is 5.32 Å². The number of nitrogens with zero attached hydrogens (tertiary/aromatic N) is 1. The van der Waals surface area contributed by atoms with E-state index in [1.54, 1.807) is 6.07 Å². The standard InChI is InChI=1S/C17H15IN2O5/c18-13-6-4-11(5-7-13)9-15(17(22)23)19-16(21)10-12-2-1-3-14(8-12)20(24)25/h1-8,15H,9-10H2,(H,19,21)(H,22,23)/t15-/m1/s1. The van der Waals surface area contributed by atoms with Crippen molar-refractivity contribution in [2.45, 2.75) is 18.9 Å². The summed E-state index contributed by atoms with van der Waals surface area (Å²) in [5.74, 6) is -1.63. The summed E-state index contributed by atoms with van der Waals surface area (Å²) in [6, 6.07) is 12.0. The molecule has 1 atom stereocenters. The van der Waals surface area contributed by atoms with E-state index in [1.165, 1.54) is 18.2 Å². The lowest BCUT2D eigenvalue weighted by Gasteiger charge is -2.15. The lowest BCUT2D eigenvalue weighted by Crippen LogP contribution is -2.43. The molecule has 130 valence electrons. The number of carboxylic acid groups (broad SMARTS) is 1. The van der Waals surface area contributed by atoms with Crippen molar-refractivity contribution in [3.8, 4) is 0 Å². The second kappa shape index (κ2) is 8.56. The van der Waals surface area contributed by atoms with E-state index in [4.69, 9.17) is 0 Å². The van der Waals surface area contributed by atoms with Gasteiger partial charge in [0.2, 0.25) is 5.91 Å². The van der Waals surface area contributed by atoms with Crippen LogP contribution in [0.4, 0.5) is 5.69 Å². The van der Waals surface area contributed by atoms with E-state index in [-0.39, 0.29) is 18.5 Å². The van der Waals surface area contributed by atoms with Gasteiger partial charge in [0.05, 0.1) is 11.3 Å². The summed E-state index contributed by atoms with van der Waals surface area (Å²) in [7, 11) is 0. The number of amides is 1. The highest BCUT2D eigenvalue weighted by Gasteiger charge is 2.21. The van der Waals surface area contributed by atoms with Crippen LogP contribution in [0, 0.1) is 13.7 Å². The van der Waals surface area contributed by atoms with Crippen molar-refractivity contribution in [2.75, 3.05) is 0 Å². The first-order valence-electron chi connectivity index (χ1n) is 7.35. The van der Waals surface area contributed by atoms with Crippen molar-refractivity contribution >= 4 is 40.2 Å². The lowest BCUT2D eigenvalue weighted by molar-refractivity contribution is -0.384. The first-order valence-corrected chi connectivity index (χ1v) is 8.43. The van der Waals surface area contributed by atoms with Gasteiger partial charge < -0.3 is 10.4 Å². The Morgan fingerprint density at radius 2 is 1.84 bits per heavy atom. The van der Waals surface area contributed by atoms with Crippen molar-refractivity contribution in [2.24, 2.45) is 0 Å². The van der Waals surface area contributed by atoms with Crippen molar-refractivity contribution in [3.05, 3.63) is 73.3 Å². The van der Waals surface area contributed by atoms with Gasteiger partial charge in [0.25, 0.3) is 5.69 Å². The van der Waals surface area contributed by atoms with Gasteiger partial charge in [-0.2, -0.15) is 0 Å². The van der Waals surface area contributed by atoms with E-state index in [9.17, 15) is 24.8 Å². The molecule has 0 aromatic heterocycles. The molecule has 0 aliphatic rings. The number of hydrogen-bond acceptors (Lipinski definition) is 4. The third kappa shape index (κ3) is 5.82. The van der Waals surface area contributed by atoms with Gasteiger partial charge in [-0.05, 0) is 45.9 Å². The first kappa shape index (κ1) is 18.8. The molecule has 0 fully saturated rings. The number of halogens is 1. The van der Waals surface area contributed by atoms with Crippen LogP contribution in [0.5, 0.6) is 0 Å². The largest absolute Gasteiger partial charge is 0.480 e. The number of nitro benzene ring substituents is 1. The average Bonchev–Trinajstić information content (AvgIpc) is 2.56. The van der Waals surface area contributed by atoms with Gasteiger partial charge in [0.15, 0.2) is 0 Å². The van der Waals surface area contributed by atoms with Gasteiger partial charge in [0, 0.05) is 22.1 Å². The molecule has 0 aliphatic heterocycles. The zero-order valence-corrected chi connectivity index (χ0v) is 15.2. The minimum Gasteiger partial charge on any atom is -0.480 e. The maximum absolute atomic E-state index is 12.1. The predicted octanol–water partition coefficient (Wildman–Crippen LogP) is 2.55. The van der Waals surface area contributed by atoms with Crippen LogP contribution in [-0.2, 0) is 22.4 Å². The molecule has 1 amide bonds. The molecule has 0 radical (unpaired) electrons. The third-order valence-corrected chi connectivity index (χ3v) is 4.19. The third-order valence-electron chi connectivity index (χ3n) is 3.47. The molecule has 0 saturated carbocycles. The maximum atomic E-state index is 12.1. The molecule has 2 aromatic carbocycles. The van der Waals surface area contributed by atoms with Crippen LogP contribution < -0.4 is 5.32 Å². The van der Waals surface area contributed by atoms with E-state index < -0.39 is 22.8 Å². The summed E-state index contributed by atoms with van der Waals surface area (Å²) < 4.78 is 1.03. The van der Waals surface area contributed by atoms with Crippen molar-refractivity contribution in [3.63, 3.8) is 0 Å². The molecule has 2 rings (SSSR count). The van der Waals surface area contributed by atoms with Crippen LogP contribution in [0.25, 0.3) is 0 Å². The number of rotatable bonds is 7. The Kier molecular flexibility index (Phi) is 6.45. The predicted molar refractivity (Wildman–Crippen MR) is 99.2 cm³/mol. The molecule has 8 heteroatoms. The highest BCUT2D eigenvalue weighted by atomic mass is 127. The number of aliphatic carboxylic acids is 1.